The summed E-state index contributed by atoms with van der Waals surface area (Å²) in [5.74, 6) is 0. The van der Waals surface area contributed by atoms with Gasteiger partial charge in [0.15, 0.2) is 0 Å². The molecular weight excluding hydrogens is 158 g/mol. The molecule has 0 amide bonds. The largest absolute Gasteiger partial charge is 0.277 e. The smallest absolute Gasteiger partial charge is 0.0925 e. The topological polar surface area (TPSA) is 12.4 Å². The average Bonchev–Trinajstić information content (AvgIpc) is 2.95. The van der Waals surface area contributed by atoms with E-state index in [0.29, 0.717) is 6.04 Å². The van der Waals surface area contributed by atoms with Crippen LogP contribution < -0.4 is 0 Å². The summed E-state index contributed by atoms with van der Waals surface area (Å²) >= 11 is 0. The number of benzene rings is 1. The number of nitrogens with zero attached hydrogens (tertiary/aromatic N) is 1. The highest BCUT2D eigenvalue weighted by Crippen LogP contribution is 2.24. The first-order chi connectivity index (χ1) is 6.42. The molecule has 0 radical (unpaired) electrons. The quantitative estimate of drug-likeness (QED) is 0.663. The van der Waals surface area contributed by atoms with E-state index in [1.165, 1.54) is 30.5 Å². The zero-order chi connectivity index (χ0) is 9.10. The zero-order valence-corrected chi connectivity index (χ0v) is 8.03. The van der Waals surface area contributed by atoms with Crippen molar-refractivity contribution in [3.05, 3.63) is 35.9 Å². The lowest BCUT2D eigenvalue weighted by molar-refractivity contribution is 0.719. The van der Waals surface area contributed by atoms with Crippen LogP contribution in [0.5, 0.6) is 0 Å². The third-order valence-electron chi connectivity index (χ3n) is 2.44. The molecule has 0 bridgehead atoms. The molecule has 0 N–H and O–H groups in total. The minimum absolute atomic E-state index is 0.544. The first-order valence-corrected chi connectivity index (χ1v) is 5.05. The Morgan fingerprint density at radius 1 is 1.23 bits per heavy atom. The summed E-state index contributed by atoms with van der Waals surface area (Å²) in [6.07, 6.45) is 3.80. The molecule has 0 aliphatic carbocycles. The van der Waals surface area contributed by atoms with E-state index < -0.39 is 0 Å². The fourth-order valence-corrected chi connectivity index (χ4v) is 1.61. The summed E-state index contributed by atoms with van der Waals surface area (Å²) in [5, 5.41) is 0. The van der Waals surface area contributed by atoms with Crippen molar-refractivity contribution in [2.45, 2.75) is 32.2 Å². The molecule has 13 heavy (non-hydrogen) atoms. The molecule has 2 rings (SSSR count). The van der Waals surface area contributed by atoms with Crippen LogP contribution in [0.4, 0.5) is 0 Å². The summed E-state index contributed by atoms with van der Waals surface area (Å²) in [5.41, 5.74) is 2.62. The van der Waals surface area contributed by atoms with Crippen molar-refractivity contribution in [3.8, 4) is 0 Å². The Kier molecular flexibility index (Phi) is 2.44. The lowest BCUT2D eigenvalue weighted by Crippen LogP contribution is -1.98. The van der Waals surface area contributed by atoms with Crippen LogP contribution in [0.15, 0.2) is 35.3 Å². The third kappa shape index (κ3) is 1.97. The number of hydrogen-bond donors (Lipinski definition) is 0. The van der Waals surface area contributed by atoms with Crippen molar-refractivity contribution < 1.29 is 0 Å². The van der Waals surface area contributed by atoms with Gasteiger partial charge in [-0.15, -0.1) is 0 Å². The van der Waals surface area contributed by atoms with Gasteiger partial charge in [0.2, 0.25) is 0 Å². The van der Waals surface area contributed by atoms with Crippen molar-refractivity contribution in [2.24, 2.45) is 4.99 Å². The first-order valence-electron chi connectivity index (χ1n) is 5.05. The van der Waals surface area contributed by atoms with Gasteiger partial charge in [-0.05, 0) is 12.0 Å². The number of aliphatic imine (C=N–C) groups is 1. The highest BCUT2D eigenvalue weighted by molar-refractivity contribution is 6.13. The molecule has 1 aromatic rings. The van der Waals surface area contributed by atoms with Gasteiger partial charge in [-0.1, -0.05) is 50.1 Å². The molecule has 0 saturated carbocycles. The fourth-order valence-electron chi connectivity index (χ4n) is 1.61. The van der Waals surface area contributed by atoms with Gasteiger partial charge in [-0.3, -0.25) is 4.99 Å². The van der Waals surface area contributed by atoms with Gasteiger partial charge in [-0.25, -0.2) is 0 Å². The molecule has 0 fully saturated rings. The molecule has 1 aliphatic heterocycles. The summed E-state index contributed by atoms with van der Waals surface area (Å²) in [6, 6.07) is 11.0. The first kappa shape index (κ1) is 8.49. The van der Waals surface area contributed by atoms with Crippen molar-refractivity contribution in [1.82, 2.24) is 0 Å². The molecule has 1 unspecified atom stereocenters. The molecule has 1 aromatic carbocycles. The maximum Gasteiger partial charge on any atom is 0.0925 e. The van der Waals surface area contributed by atoms with Crippen LogP contribution in [0.1, 0.15) is 31.7 Å². The van der Waals surface area contributed by atoms with Crippen molar-refractivity contribution in [2.75, 3.05) is 0 Å². The van der Waals surface area contributed by atoms with Crippen LogP contribution in [-0.2, 0) is 0 Å². The minimum Gasteiger partial charge on any atom is -0.277 e. The molecular formula is C12H15N. The SMILES string of the molecule is CCCCC1N=C1c1ccccc1. The van der Waals surface area contributed by atoms with E-state index in [2.05, 4.69) is 36.2 Å². The van der Waals surface area contributed by atoms with E-state index in [1.54, 1.807) is 0 Å². The van der Waals surface area contributed by atoms with Crippen LogP contribution in [0.2, 0.25) is 0 Å². The van der Waals surface area contributed by atoms with E-state index in [0.717, 1.165) is 0 Å². The Hall–Kier alpha value is -1.11. The van der Waals surface area contributed by atoms with Gasteiger partial charge in [0.05, 0.1) is 11.8 Å². The van der Waals surface area contributed by atoms with E-state index in [-0.39, 0.29) is 0 Å². The molecule has 1 aliphatic rings. The third-order valence-corrected chi connectivity index (χ3v) is 2.44. The second-order valence-electron chi connectivity index (χ2n) is 3.54. The Labute approximate surface area is 79.5 Å². The Morgan fingerprint density at radius 2 is 2.00 bits per heavy atom. The van der Waals surface area contributed by atoms with E-state index in [1.807, 2.05) is 6.07 Å². The van der Waals surface area contributed by atoms with Gasteiger partial charge < -0.3 is 0 Å². The van der Waals surface area contributed by atoms with Gasteiger partial charge in [-0.2, -0.15) is 0 Å². The molecule has 0 spiro atoms. The number of hydrogen-bond acceptors (Lipinski definition) is 1. The summed E-state index contributed by atoms with van der Waals surface area (Å²) in [7, 11) is 0. The van der Waals surface area contributed by atoms with Crippen LogP contribution in [0.3, 0.4) is 0 Å². The second-order valence-corrected chi connectivity index (χ2v) is 3.54. The highest BCUT2D eigenvalue weighted by Gasteiger charge is 2.27. The van der Waals surface area contributed by atoms with Crippen LogP contribution in [0, 0.1) is 0 Å². The van der Waals surface area contributed by atoms with E-state index >= 15 is 0 Å². The predicted molar refractivity (Wildman–Crippen MR) is 56.3 cm³/mol. The zero-order valence-electron chi connectivity index (χ0n) is 8.03. The summed E-state index contributed by atoms with van der Waals surface area (Å²) < 4.78 is 0. The predicted octanol–water partition coefficient (Wildman–Crippen LogP) is 3.05. The maximum absolute atomic E-state index is 4.48. The Balaban J connectivity index is 1.89. The molecule has 1 nitrogen and oxygen atoms in total. The molecule has 0 saturated heterocycles. The minimum atomic E-state index is 0.544. The lowest BCUT2D eigenvalue weighted by atomic mass is 10.1. The molecule has 1 heterocycles. The fraction of sp³-hybridized carbons (Fsp3) is 0.417. The van der Waals surface area contributed by atoms with Gasteiger partial charge >= 0.3 is 0 Å². The van der Waals surface area contributed by atoms with E-state index in [4.69, 9.17) is 0 Å². The van der Waals surface area contributed by atoms with E-state index in [9.17, 15) is 0 Å². The van der Waals surface area contributed by atoms with Gasteiger partial charge in [0.1, 0.15) is 0 Å². The van der Waals surface area contributed by atoms with Gasteiger partial charge in [0.25, 0.3) is 0 Å². The maximum atomic E-state index is 4.48. The molecule has 1 atom stereocenters. The molecule has 68 valence electrons. The normalized spacial score (nSPS) is 19.8. The molecule has 0 aromatic heterocycles. The Bertz CT molecular complexity index is 300. The van der Waals surface area contributed by atoms with Crippen LogP contribution in [0.25, 0.3) is 0 Å². The van der Waals surface area contributed by atoms with Crippen LogP contribution in [-0.4, -0.2) is 11.8 Å². The monoisotopic (exact) mass is 173 g/mol. The van der Waals surface area contributed by atoms with Crippen molar-refractivity contribution in [1.29, 1.82) is 0 Å². The summed E-state index contributed by atoms with van der Waals surface area (Å²) in [6.45, 7) is 2.23. The highest BCUT2D eigenvalue weighted by atomic mass is 15.0. The van der Waals surface area contributed by atoms with Crippen LogP contribution >= 0.6 is 0 Å². The lowest BCUT2D eigenvalue weighted by Gasteiger charge is -1.95. The standard InChI is InChI=1S/C12H15N/c1-2-3-9-11-12(13-11)10-7-5-4-6-8-10/h4-8,11H,2-3,9H2,1H3. The number of unbranched alkanes of at least 4 members (excludes halogenated alkanes) is 1. The average molecular weight is 173 g/mol. The Morgan fingerprint density at radius 3 is 2.69 bits per heavy atom. The molecule has 1 heteroatoms. The van der Waals surface area contributed by atoms with Gasteiger partial charge in [0, 0.05) is 0 Å². The summed E-state index contributed by atoms with van der Waals surface area (Å²) in [4.78, 5) is 4.48. The second kappa shape index (κ2) is 3.73. The van der Waals surface area contributed by atoms with Crippen molar-refractivity contribution in [3.63, 3.8) is 0 Å². The number of rotatable bonds is 4. The van der Waals surface area contributed by atoms with Crippen molar-refractivity contribution >= 4 is 5.71 Å².